The molecule has 1 saturated heterocycles. The van der Waals surface area contributed by atoms with Crippen LogP contribution in [0.2, 0.25) is 10.0 Å². The molecular weight excluding hydrogens is 674 g/mol. The average molecular weight is 717 g/mol. The first-order valence-corrected chi connectivity index (χ1v) is 19.0. The van der Waals surface area contributed by atoms with Crippen LogP contribution in [0.5, 0.6) is 0 Å². The quantitative estimate of drug-likeness (QED) is 0.169. The summed E-state index contributed by atoms with van der Waals surface area (Å²) in [4.78, 5) is 12.3. The summed E-state index contributed by atoms with van der Waals surface area (Å²) in [7, 11) is 4.21. The molecule has 0 amide bonds. The lowest BCUT2D eigenvalue weighted by Crippen LogP contribution is -2.47. The molecule has 0 unspecified atom stereocenters. The van der Waals surface area contributed by atoms with Gasteiger partial charge >= 0.3 is 0 Å². The van der Waals surface area contributed by atoms with E-state index in [1.54, 1.807) is 0 Å². The first-order chi connectivity index (χ1) is 23.4. The molecule has 0 aromatic heterocycles. The summed E-state index contributed by atoms with van der Waals surface area (Å²) < 4.78 is 0. The molecule has 8 heteroatoms. The smallest absolute Gasteiger partial charge is 0.0558 e. The van der Waals surface area contributed by atoms with Crippen molar-refractivity contribution in [1.29, 1.82) is 0 Å². The number of piperazine rings is 1. The fourth-order valence-electron chi connectivity index (χ4n) is 6.36. The van der Waals surface area contributed by atoms with Crippen LogP contribution in [0.1, 0.15) is 35.1 Å². The van der Waals surface area contributed by atoms with Crippen LogP contribution in [0.15, 0.2) is 117 Å². The lowest BCUT2D eigenvalue weighted by molar-refractivity contribution is 0.114. The summed E-state index contributed by atoms with van der Waals surface area (Å²) >= 11 is 16.2. The first kappa shape index (κ1) is 35.3. The summed E-state index contributed by atoms with van der Waals surface area (Å²) in [5.74, 6) is 0. The molecule has 0 spiro atoms. The molecule has 0 saturated carbocycles. The number of hydrogen-bond acceptors (Lipinski definition) is 6. The van der Waals surface area contributed by atoms with Crippen molar-refractivity contribution in [1.82, 2.24) is 14.7 Å². The fraction of sp³-hybridized carbons (Fsp3) is 0.300. The van der Waals surface area contributed by atoms with E-state index in [-0.39, 0.29) is 6.61 Å². The number of β-amino-alcohol motifs (C(OH)–C–C–N with tert-alkyl or cyclic N) is 1. The predicted molar refractivity (Wildman–Crippen MR) is 206 cm³/mol. The van der Waals surface area contributed by atoms with E-state index in [0.29, 0.717) is 0 Å². The van der Waals surface area contributed by atoms with E-state index in [2.05, 4.69) is 114 Å². The number of benzene rings is 4. The van der Waals surface area contributed by atoms with Crippen LogP contribution < -0.4 is 0 Å². The number of rotatable bonds is 8. The number of halogens is 2. The third-order valence-corrected chi connectivity index (χ3v) is 11.6. The van der Waals surface area contributed by atoms with E-state index in [1.807, 2.05) is 35.7 Å². The molecule has 0 bridgehead atoms. The van der Waals surface area contributed by atoms with Gasteiger partial charge in [0.1, 0.15) is 0 Å². The number of nitrogens with zero attached hydrogens (tertiary/aromatic N) is 3. The molecule has 3 heterocycles. The second-order valence-electron chi connectivity index (χ2n) is 12.5. The SMILES string of the molecule is CN(C)CC/C=C1/c2ccccc2Sc2ccc(Cl)cc21.OCCN1CCN(CCC=C2c3ccccc3Sc3ccc(Cl)cc32)CC1. The third kappa shape index (κ3) is 8.79. The normalized spacial score (nSPS) is 17.4. The van der Waals surface area contributed by atoms with Gasteiger partial charge in [0.15, 0.2) is 0 Å². The first-order valence-electron chi connectivity index (χ1n) is 16.6. The zero-order valence-corrected chi connectivity index (χ0v) is 30.8. The monoisotopic (exact) mass is 715 g/mol. The molecular formula is C40H43Cl2N3OS2. The molecule has 4 nitrogen and oxygen atoms in total. The Labute approximate surface area is 304 Å². The van der Waals surface area contributed by atoms with Crippen molar-refractivity contribution >= 4 is 57.9 Å². The van der Waals surface area contributed by atoms with Crippen molar-refractivity contribution in [3.8, 4) is 0 Å². The average Bonchev–Trinajstić information content (AvgIpc) is 3.09. The number of aliphatic hydroxyl groups excluding tert-OH is 1. The van der Waals surface area contributed by atoms with Gasteiger partial charge in [-0.1, -0.05) is 95.3 Å². The van der Waals surface area contributed by atoms with Crippen LogP contribution in [0.3, 0.4) is 0 Å². The van der Waals surface area contributed by atoms with Gasteiger partial charge in [-0.3, -0.25) is 4.90 Å². The van der Waals surface area contributed by atoms with Crippen LogP contribution in [-0.2, 0) is 0 Å². The fourth-order valence-corrected chi connectivity index (χ4v) is 8.88. The van der Waals surface area contributed by atoms with Gasteiger partial charge in [0.2, 0.25) is 0 Å². The van der Waals surface area contributed by atoms with Gasteiger partial charge in [-0.05, 0) is 109 Å². The maximum atomic E-state index is 9.08. The van der Waals surface area contributed by atoms with Gasteiger partial charge in [0, 0.05) is 75.4 Å². The van der Waals surface area contributed by atoms with Crippen molar-refractivity contribution in [2.45, 2.75) is 32.4 Å². The van der Waals surface area contributed by atoms with Crippen molar-refractivity contribution in [3.05, 3.63) is 129 Å². The van der Waals surface area contributed by atoms with Crippen LogP contribution in [-0.4, -0.2) is 86.3 Å². The van der Waals surface area contributed by atoms with Crippen LogP contribution in [0.4, 0.5) is 0 Å². The molecule has 4 aromatic carbocycles. The van der Waals surface area contributed by atoms with E-state index in [1.165, 1.54) is 53.0 Å². The van der Waals surface area contributed by atoms with E-state index in [0.717, 1.165) is 68.7 Å². The third-order valence-electron chi connectivity index (χ3n) is 8.86. The Morgan fingerprint density at radius 1 is 0.625 bits per heavy atom. The molecule has 4 aromatic rings. The van der Waals surface area contributed by atoms with Gasteiger partial charge in [0.05, 0.1) is 6.61 Å². The molecule has 0 atom stereocenters. The van der Waals surface area contributed by atoms with E-state index >= 15 is 0 Å². The zero-order chi connectivity index (χ0) is 33.5. The number of fused-ring (bicyclic) bond motifs is 4. The highest BCUT2D eigenvalue weighted by Crippen LogP contribution is 2.47. The lowest BCUT2D eigenvalue weighted by atomic mass is 9.96. The van der Waals surface area contributed by atoms with Gasteiger partial charge < -0.3 is 14.9 Å². The van der Waals surface area contributed by atoms with Gasteiger partial charge in [-0.25, -0.2) is 0 Å². The highest BCUT2D eigenvalue weighted by atomic mass is 35.5. The topological polar surface area (TPSA) is 30.0 Å². The minimum absolute atomic E-state index is 0.255. The summed E-state index contributed by atoms with van der Waals surface area (Å²) in [5.41, 5.74) is 7.74. The summed E-state index contributed by atoms with van der Waals surface area (Å²) in [6.45, 7) is 7.44. The Morgan fingerprint density at radius 2 is 1.08 bits per heavy atom. The Kier molecular flexibility index (Phi) is 12.5. The molecule has 7 rings (SSSR count). The predicted octanol–water partition coefficient (Wildman–Crippen LogP) is 9.42. The van der Waals surface area contributed by atoms with Crippen LogP contribution in [0, 0.1) is 0 Å². The maximum Gasteiger partial charge on any atom is 0.0558 e. The molecule has 1 fully saturated rings. The van der Waals surface area contributed by atoms with Gasteiger partial charge in [-0.15, -0.1) is 0 Å². The molecule has 0 radical (unpaired) electrons. The molecule has 0 aliphatic carbocycles. The van der Waals surface area contributed by atoms with Crippen LogP contribution >= 0.6 is 46.7 Å². The summed E-state index contributed by atoms with van der Waals surface area (Å²) in [6.07, 6.45) is 6.79. The second-order valence-corrected chi connectivity index (χ2v) is 15.5. The molecule has 48 heavy (non-hydrogen) atoms. The Bertz CT molecular complexity index is 1780. The minimum Gasteiger partial charge on any atom is -0.395 e. The summed E-state index contributed by atoms with van der Waals surface area (Å²) in [5, 5.41) is 10.7. The van der Waals surface area contributed by atoms with Crippen LogP contribution in [0.25, 0.3) is 11.1 Å². The highest BCUT2D eigenvalue weighted by molar-refractivity contribution is 7.99. The number of hydrogen-bond donors (Lipinski definition) is 1. The van der Waals surface area contributed by atoms with E-state index in [9.17, 15) is 0 Å². The summed E-state index contributed by atoms with van der Waals surface area (Å²) in [6, 6.07) is 29.6. The van der Waals surface area contributed by atoms with Crippen molar-refractivity contribution < 1.29 is 5.11 Å². The van der Waals surface area contributed by atoms with Crippen molar-refractivity contribution in [2.24, 2.45) is 0 Å². The lowest BCUT2D eigenvalue weighted by Gasteiger charge is -2.34. The van der Waals surface area contributed by atoms with E-state index in [4.69, 9.17) is 28.3 Å². The molecule has 250 valence electrons. The van der Waals surface area contributed by atoms with Crippen molar-refractivity contribution in [3.63, 3.8) is 0 Å². The highest BCUT2D eigenvalue weighted by Gasteiger charge is 2.22. The molecule has 3 aliphatic heterocycles. The molecule has 3 aliphatic rings. The van der Waals surface area contributed by atoms with Gasteiger partial charge in [-0.2, -0.15) is 0 Å². The minimum atomic E-state index is 0.255. The zero-order valence-electron chi connectivity index (χ0n) is 27.7. The Morgan fingerprint density at radius 3 is 1.58 bits per heavy atom. The Hall–Kier alpha value is -2.52. The second kappa shape index (κ2) is 16.9. The standard InChI is InChI=1S/C22H25ClN2OS.C18H18ClNS/c23-17-7-8-22-20(16-17)18(19-4-1-2-6-21(19)27-22)5-3-9-24-10-12-25(13-11-24)14-15-26;1-20(2)11-5-7-14-15-6-3-4-8-17(15)21-18-10-9-13(19)12-16(14)18/h1-2,4-8,16,26H,3,9-15H2;3-4,6-10,12H,5,11H2,1-2H3/b;14-7-. The Balaban J connectivity index is 0.000000173. The van der Waals surface area contributed by atoms with Gasteiger partial charge in [0.25, 0.3) is 0 Å². The maximum absolute atomic E-state index is 9.08. The largest absolute Gasteiger partial charge is 0.395 e. The van der Waals surface area contributed by atoms with E-state index < -0.39 is 0 Å². The number of aliphatic hydroxyl groups is 1. The van der Waals surface area contributed by atoms with Crippen molar-refractivity contribution in [2.75, 3.05) is 66.5 Å². The molecule has 1 N–H and O–H groups in total.